The van der Waals surface area contributed by atoms with Gasteiger partial charge < -0.3 is 4.57 Å². The molecule has 2 rings (SSSR count). The molecule has 0 fully saturated rings. The summed E-state index contributed by atoms with van der Waals surface area (Å²) in [5, 5.41) is 8.40. The molecule has 0 radical (unpaired) electrons. The van der Waals surface area contributed by atoms with Crippen molar-refractivity contribution < 1.29 is 0 Å². The van der Waals surface area contributed by atoms with E-state index in [4.69, 9.17) is 0 Å². The van der Waals surface area contributed by atoms with Gasteiger partial charge in [0, 0.05) is 18.9 Å². The van der Waals surface area contributed by atoms with Crippen molar-refractivity contribution in [2.45, 2.75) is 45.6 Å². The highest BCUT2D eigenvalue weighted by Gasteiger charge is 2.16. The number of nitrogens with zero attached hydrogens (tertiary/aromatic N) is 3. The first kappa shape index (κ1) is 7.77. The molecular weight excluding hydrogens is 150 g/mol. The summed E-state index contributed by atoms with van der Waals surface area (Å²) >= 11 is 0. The van der Waals surface area contributed by atoms with E-state index in [2.05, 4.69) is 28.6 Å². The maximum atomic E-state index is 4.21. The van der Waals surface area contributed by atoms with Crippen LogP contribution in [0.3, 0.4) is 0 Å². The third-order valence-corrected chi connectivity index (χ3v) is 2.40. The summed E-state index contributed by atoms with van der Waals surface area (Å²) in [5.74, 6) is 2.85. The lowest BCUT2D eigenvalue weighted by Gasteiger charge is -2.15. The highest BCUT2D eigenvalue weighted by Crippen LogP contribution is 2.19. The van der Waals surface area contributed by atoms with E-state index >= 15 is 0 Å². The standard InChI is InChI=1S/C9H15N3/c1-7(2)9-11-10-8-5-3-4-6-12(8)9/h7H,3-6H2,1-2H3. The lowest BCUT2D eigenvalue weighted by Crippen LogP contribution is -2.13. The monoisotopic (exact) mass is 165 g/mol. The Hall–Kier alpha value is -0.860. The fourth-order valence-corrected chi connectivity index (χ4v) is 1.76. The van der Waals surface area contributed by atoms with Crippen LogP contribution in [0.5, 0.6) is 0 Å². The average Bonchev–Trinajstić information content (AvgIpc) is 2.47. The highest BCUT2D eigenvalue weighted by atomic mass is 15.3. The molecule has 0 saturated carbocycles. The molecule has 1 aromatic heterocycles. The summed E-state index contributed by atoms with van der Waals surface area (Å²) in [4.78, 5) is 0. The highest BCUT2D eigenvalue weighted by molar-refractivity contribution is 5.02. The van der Waals surface area contributed by atoms with Gasteiger partial charge in [0.1, 0.15) is 11.6 Å². The number of rotatable bonds is 1. The lowest BCUT2D eigenvalue weighted by molar-refractivity contribution is 0.499. The molecule has 3 nitrogen and oxygen atoms in total. The zero-order valence-electron chi connectivity index (χ0n) is 7.75. The molecule has 66 valence electrons. The van der Waals surface area contributed by atoms with E-state index in [0.29, 0.717) is 5.92 Å². The van der Waals surface area contributed by atoms with Crippen LogP contribution < -0.4 is 0 Å². The predicted molar refractivity (Wildman–Crippen MR) is 47.0 cm³/mol. The molecule has 0 spiro atoms. The van der Waals surface area contributed by atoms with Crippen molar-refractivity contribution >= 4 is 0 Å². The Balaban J connectivity index is 2.38. The van der Waals surface area contributed by atoms with Gasteiger partial charge in [0.15, 0.2) is 0 Å². The Bertz CT molecular complexity index is 275. The van der Waals surface area contributed by atoms with Crippen molar-refractivity contribution in [2.75, 3.05) is 0 Å². The van der Waals surface area contributed by atoms with Crippen molar-refractivity contribution in [3.8, 4) is 0 Å². The number of aromatic nitrogens is 3. The van der Waals surface area contributed by atoms with Crippen LogP contribution in [0.15, 0.2) is 0 Å². The first-order chi connectivity index (χ1) is 5.79. The Morgan fingerprint density at radius 3 is 2.83 bits per heavy atom. The molecule has 0 aliphatic carbocycles. The molecule has 0 unspecified atom stereocenters. The Kier molecular flexibility index (Phi) is 1.87. The minimum Gasteiger partial charge on any atom is -0.315 e. The number of aryl methyl sites for hydroxylation is 1. The molecule has 0 bridgehead atoms. The normalized spacial score (nSPS) is 16.6. The fraction of sp³-hybridized carbons (Fsp3) is 0.778. The zero-order chi connectivity index (χ0) is 8.55. The minimum atomic E-state index is 0.504. The van der Waals surface area contributed by atoms with Gasteiger partial charge in [-0.05, 0) is 12.8 Å². The van der Waals surface area contributed by atoms with Crippen molar-refractivity contribution in [2.24, 2.45) is 0 Å². The van der Waals surface area contributed by atoms with Crippen LogP contribution in [0, 0.1) is 0 Å². The number of hydrogen-bond donors (Lipinski definition) is 0. The molecule has 2 heterocycles. The second kappa shape index (κ2) is 2.88. The van der Waals surface area contributed by atoms with Crippen LogP contribution in [0.4, 0.5) is 0 Å². The van der Waals surface area contributed by atoms with Crippen molar-refractivity contribution in [1.29, 1.82) is 0 Å². The van der Waals surface area contributed by atoms with Gasteiger partial charge in [-0.1, -0.05) is 13.8 Å². The van der Waals surface area contributed by atoms with Gasteiger partial charge in [0.2, 0.25) is 0 Å². The van der Waals surface area contributed by atoms with Gasteiger partial charge >= 0.3 is 0 Å². The van der Waals surface area contributed by atoms with Gasteiger partial charge in [-0.25, -0.2) is 0 Å². The maximum absolute atomic E-state index is 4.21. The quantitative estimate of drug-likeness (QED) is 0.634. The molecule has 0 amide bonds. The van der Waals surface area contributed by atoms with E-state index in [0.717, 1.165) is 18.8 Å². The maximum Gasteiger partial charge on any atom is 0.135 e. The Morgan fingerprint density at radius 1 is 1.25 bits per heavy atom. The van der Waals surface area contributed by atoms with Gasteiger partial charge in [-0.2, -0.15) is 0 Å². The van der Waals surface area contributed by atoms with Crippen LogP contribution in [-0.4, -0.2) is 14.8 Å². The summed E-state index contributed by atoms with van der Waals surface area (Å²) in [6.07, 6.45) is 3.67. The summed E-state index contributed by atoms with van der Waals surface area (Å²) in [6.45, 7) is 5.47. The predicted octanol–water partition coefficient (Wildman–Crippen LogP) is 1.74. The van der Waals surface area contributed by atoms with Gasteiger partial charge in [-0.3, -0.25) is 0 Å². The molecule has 0 atom stereocenters. The number of hydrogen-bond acceptors (Lipinski definition) is 2. The molecule has 3 heteroatoms. The van der Waals surface area contributed by atoms with Crippen molar-refractivity contribution in [3.63, 3.8) is 0 Å². The lowest BCUT2D eigenvalue weighted by atomic mass is 10.1. The van der Waals surface area contributed by atoms with Crippen molar-refractivity contribution in [1.82, 2.24) is 14.8 Å². The van der Waals surface area contributed by atoms with Crippen LogP contribution in [-0.2, 0) is 13.0 Å². The Labute approximate surface area is 72.8 Å². The SMILES string of the molecule is CC(C)c1nnc2n1CCCC2. The molecule has 0 N–H and O–H groups in total. The molecular formula is C9H15N3. The third-order valence-electron chi connectivity index (χ3n) is 2.40. The van der Waals surface area contributed by atoms with Crippen LogP contribution in [0.1, 0.15) is 44.3 Å². The summed E-state index contributed by atoms with van der Waals surface area (Å²) in [7, 11) is 0. The van der Waals surface area contributed by atoms with E-state index in [1.165, 1.54) is 18.7 Å². The molecule has 1 aliphatic heterocycles. The van der Waals surface area contributed by atoms with Gasteiger partial charge in [0.05, 0.1) is 0 Å². The Morgan fingerprint density at radius 2 is 2.08 bits per heavy atom. The average molecular weight is 165 g/mol. The summed E-state index contributed by atoms with van der Waals surface area (Å²) in [5.41, 5.74) is 0. The van der Waals surface area contributed by atoms with E-state index in [-0.39, 0.29) is 0 Å². The summed E-state index contributed by atoms with van der Waals surface area (Å²) in [6, 6.07) is 0. The van der Waals surface area contributed by atoms with E-state index < -0.39 is 0 Å². The van der Waals surface area contributed by atoms with Crippen LogP contribution in [0.25, 0.3) is 0 Å². The molecule has 0 saturated heterocycles. The topological polar surface area (TPSA) is 30.7 Å². The molecule has 1 aliphatic rings. The van der Waals surface area contributed by atoms with E-state index in [1.807, 2.05) is 0 Å². The molecule has 12 heavy (non-hydrogen) atoms. The minimum absolute atomic E-state index is 0.504. The number of fused-ring (bicyclic) bond motifs is 1. The molecule has 1 aromatic rings. The smallest absolute Gasteiger partial charge is 0.135 e. The van der Waals surface area contributed by atoms with Crippen molar-refractivity contribution in [3.05, 3.63) is 11.6 Å². The zero-order valence-corrected chi connectivity index (χ0v) is 7.75. The first-order valence-corrected chi connectivity index (χ1v) is 4.71. The van der Waals surface area contributed by atoms with Crippen LogP contribution in [0.2, 0.25) is 0 Å². The van der Waals surface area contributed by atoms with Gasteiger partial charge in [0.25, 0.3) is 0 Å². The third kappa shape index (κ3) is 1.13. The second-order valence-corrected chi connectivity index (χ2v) is 3.74. The largest absolute Gasteiger partial charge is 0.315 e. The van der Waals surface area contributed by atoms with E-state index in [1.54, 1.807) is 0 Å². The van der Waals surface area contributed by atoms with Gasteiger partial charge in [-0.15, -0.1) is 10.2 Å². The summed E-state index contributed by atoms with van der Waals surface area (Å²) < 4.78 is 2.29. The second-order valence-electron chi connectivity index (χ2n) is 3.74. The van der Waals surface area contributed by atoms with Crippen LogP contribution >= 0.6 is 0 Å². The molecule has 0 aromatic carbocycles. The fourth-order valence-electron chi connectivity index (χ4n) is 1.76. The first-order valence-electron chi connectivity index (χ1n) is 4.71. The van der Waals surface area contributed by atoms with E-state index in [9.17, 15) is 0 Å².